The number of ketones is 4. The van der Waals surface area contributed by atoms with Crippen LogP contribution in [0.2, 0.25) is 0 Å². The second-order valence-electron chi connectivity index (χ2n) is 27.0. The molecule has 2 saturated carbocycles. The van der Waals surface area contributed by atoms with Gasteiger partial charge >= 0.3 is 12.2 Å². The predicted octanol–water partition coefficient (Wildman–Crippen LogP) is 15.2. The fourth-order valence-electron chi connectivity index (χ4n) is 15.0. The first-order chi connectivity index (χ1) is 46.7. The zero-order valence-electron chi connectivity index (χ0n) is 55.7. The maximum atomic E-state index is 14.3. The van der Waals surface area contributed by atoms with Gasteiger partial charge in [-0.25, -0.2) is 9.59 Å². The zero-order chi connectivity index (χ0) is 67.3. The van der Waals surface area contributed by atoms with Crippen LogP contribution < -0.4 is 0 Å². The van der Waals surface area contributed by atoms with Crippen molar-refractivity contribution in [2.45, 2.75) is 152 Å². The highest BCUT2D eigenvalue weighted by Crippen LogP contribution is 2.47. The normalized spacial score (nSPS) is 20.3. The molecule has 1 spiro atoms. The van der Waals surface area contributed by atoms with Crippen LogP contribution in [0.5, 0.6) is 0 Å². The third-order valence-electron chi connectivity index (χ3n) is 20.1. The van der Waals surface area contributed by atoms with E-state index in [1.165, 1.54) is 22.2 Å². The standard InChI is InChI=1S/C40H44N2O6.C33H39NO5.C7H7NO/c1-3-11-28(38(46-2)37(44)20-26-18-19-26)21-36(43)35-23-40(22-34(41-48-40)27-12-5-4-6-13-27)25-42(35)39(45)47-24-33-31-16-9-7-14-29(31)30-15-8-10-17-32(30)33;1-4-9-23(32(38-3)31(36)17-22-14-15-22)18-30(35)29-16-21(2)19-34(29)33(37)39-20-28-26-12-7-5-10-24(26)25-11-6-8-13-27(25)28;9-8-6-7-4-2-1-3-5-7/h4-10,12-17,26,28,33,35,38H,3,11,18-25H2,1-2H3;5-8,10-13,22-23,28-29,32H,2,4,9,14-20H2,1,3H3;1-6,9H/b;;8-6+/t28-,35+,38?,40-;23-,29+,32?;/m11./s1. The Hall–Kier alpha value is -8.86. The third-order valence-corrected chi connectivity index (χ3v) is 20.1. The lowest BCUT2D eigenvalue weighted by Gasteiger charge is -2.28. The minimum Gasteiger partial charge on any atom is -0.448 e. The summed E-state index contributed by atoms with van der Waals surface area (Å²) in [5.74, 6) is 0.307. The second-order valence-corrected chi connectivity index (χ2v) is 27.0. The first kappa shape index (κ1) is 68.5. The van der Waals surface area contributed by atoms with Crippen LogP contribution in [0.3, 0.4) is 0 Å². The number of methoxy groups -OCH3 is 2. The van der Waals surface area contributed by atoms with Gasteiger partial charge in [-0.15, -0.1) is 0 Å². The molecule has 13 rings (SSSR count). The van der Waals surface area contributed by atoms with E-state index in [-0.39, 0.29) is 79.4 Å². The monoisotopic (exact) mass is 1300 g/mol. The topological polar surface area (TPSA) is 200 Å². The average molecular weight is 1300 g/mol. The molecule has 16 nitrogen and oxygen atoms in total. The number of rotatable bonds is 26. The molecule has 4 fully saturated rings. The first-order valence-corrected chi connectivity index (χ1v) is 34.3. The summed E-state index contributed by atoms with van der Waals surface area (Å²) in [5.41, 5.74) is 11.8. The Morgan fingerprint density at radius 3 is 1.47 bits per heavy atom. The highest BCUT2D eigenvalue weighted by atomic mass is 16.7. The van der Waals surface area contributed by atoms with Crippen molar-refractivity contribution in [1.29, 1.82) is 0 Å². The lowest BCUT2D eigenvalue weighted by Crippen LogP contribution is -2.43. The van der Waals surface area contributed by atoms with E-state index in [1.54, 1.807) is 19.1 Å². The van der Waals surface area contributed by atoms with Gasteiger partial charge < -0.3 is 29.0 Å². The van der Waals surface area contributed by atoms with Crippen LogP contribution in [0.25, 0.3) is 22.3 Å². The largest absolute Gasteiger partial charge is 0.448 e. The Morgan fingerprint density at radius 1 is 0.604 bits per heavy atom. The van der Waals surface area contributed by atoms with Gasteiger partial charge in [0.2, 0.25) is 0 Å². The number of benzene rings is 6. The number of hydrogen-bond acceptors (Lipinski definition) is 14. The summed E-state index contributed by atoms with van der Waals surface area (Å²) >= 11 is 0. The van der Waals surface area contributed by atoms with E-state index in [2.05, 4.69) is 79.3 Å². The lowest BCUT2D eigenvalue weighted by atomic mass is 9.84. The number of fused-ring (bicyclic) bond motifs is 6. The van der Waals surface area contributed by atoms with Crippen LogP contribution in [0.15, 0.2) is 180 Å². The number of oxime groups is 2. The molecule has 16 heteroatoms. The molecule has 7 aliphatic rings. The van der Waals surface area contributed by atoms with E-state index >= 15 is 0 Å². The van der Waals surface area contributed by atoms with Gasteiger partial charge in [0, 0.05) is 71.1 Å². The highest BCUT2D eigenvalue weighted by Gasteiger charge is 2.55. The zero-order valence-corrected chi connectivity index (χ0v) is 55.7. The van der Waals surface area contributed by atoms with Gasteiger partial charge in [-0.2, -0.15) is 0 Å². The quantitative estimate of drug-likeness (QED) is 0.0233. The number of amides is 2. The number of hydrogen-bond donors (Lipinski definition) is 1. The summed E-state index contributed by atoms with van der Waals surface area (Å²) in [5, 5.41) is 15.4. The van der Waals surface area contributed by atoms with E-state index in [0.29, 0.717) is 56.9 Å². The third kappa shape index (κ3) is 16.2. The number of carbonyl (C=O) groups is 6. The average Bonchev–Trinajstić information content (AvgIpc) is 1.62. The molecule has 6 aromatic carbocycles. The van der Waals surface area contributed by atoms with Crippen molar-refractivity contribution in [1.82, 2.24) is 9.80 Å². The van der Waals surface area contributed by atoms with Crippen LogP contribution in [-0.4, -0.2) is 133 Å². The molecule has 2 amide bonds. The molecule has 3 heterocycles. The van der Waals surface area contributed by atoms with E-state index in [9.17, 15) is 28.8 Å². The smallest absolute Gasteiger partial charge is 0.410 e. The molecular weight excluding hydrogens is 1210 g/mol. The van der Waals surface area contributed by atoms with E-state index < -0.39 is 42.1 Å². The SMILES string of the molecule is C=C1C[C@@H](C(=O)C[C@@H](CCC)C(OC)C(=O)CC2CC2)N(C(=O)OCC2c3ccccc3-c3ccccc32)C1.CCC[C@H](CC(=O)[C@@H]1C[C@]2(CC(c3ccccc3)=NO2)CN1C(=O)OCC1c2ccccc2-c2ccccc21)C(OC)C(=O)CC1CC1.O/N=C/c1ccccc1. The van der Waals surface area contributed by atoms with Gasteiger partial charge in [0.05, 0.1) is 30.6 Å². The summed E-state index contributed by atoms with van der Waals surface area (Å²) in [6, 6.07) is 50.7. The summed E-state index contributed by atoms with van der Waals surface area (Å²) < 4.78 is 23.4. The molecule has 4 aliphatic carbocycles. The number of Topliss-reactive ketones (excluding diaryl/α,β-unsaturated/α-hetero) is 4. The van der Waals surface area contributed by atoms with Crippen molar-refractivity contribution in [3.8, 4) is 22.3 Å². The maximum Gasteiger partial charge on any atom is 0.410 e. The summed E-state index contributed by atoms with van der Waals surface area (Å²) in [4.78, 5) is 90.6. The van der Waals surface area contributed by atoms with Gasteiger partial charge in [0.1, 0.15) is 25.4 Å². The Morgan fingerprint density at radius 2 is 1.03 bits per heavy atom. The molecule has 2 unspecified atom stereocenters. The lowest BCUT2D eigenvalue weighted by molar-refractivity contribution is -0.136. The molecule has 7 atom stereocenters. The molecule has 0 bridgehead atoms. The number of likely N-dealkylation sites (tertiary alicyclic amines) is 2. The number of carbonyl (C=O) groups excluding carboxylic acids is 6. The Balaban J connectivity index is 0.000000175. The fraction of sp³-hybridized carbons (Fsp3) is 0.425. The molecular formula is C80H90N4O12. The van der Waals surface area contributed by atoms with Gasteiger partial charge in [-0.05, 0) is 124 Å². The minimum absolute atomic E-state index is 0.0461. The van der Waals surface area contributed by atoms with Gasteiger partial charge in [-0.1, -0.05) is 207 Å². The molecule has 3 aliphatic heterocycles. The second kappa shape index (κ2) is 31.8. The summed E-state index contributed by atoms with van der Waals surface area (Å²) in [7, 11) is 3.12. The molecule has 6 aromatic rings. The van der Waals surface area contributed by atoms with E-state index in [0.717, 1.165) is 101 Å². The molecule has 0 aromatic heterocycles. The van der Waals surface area contributed by atoms with Gasteiger partial charge in [0.15, 0.2) is 28.7 Å². The molecule has 1 N–H and O–H groups in total. The first-order valence-electron chi connectivity index (χ1n) is 34.3. The molecule has 96 heavy (non-hydrogen) atoms. The maximum absolute atomic E-state index is 14.3. The van der Waals surface area contributed by atoms with Crippen molar-refractivity contribution in [2.75, 3.05) is 40.5 Å². The van der Waals surface area contributed by atoms with Crippen LogP contribution in [0.1, 0.15) is 155 Å². The van der Waals surface area contributed by atoms with Crippen LogP contribution >= 0.6 is 0 Å². The Bertz CT molecular complexity index is 3720. The van der Waals surface area contributed by atoms with Gasteiger partial charge in [-0.3, -0.25) is 29.0 Å². The van der Waals surface area contributed by atoms with Crippen LogP contribution in [-0.2, 0) is 43.0 Å². The molecule has 502 valence electrons. The van der Waals surface area contributed by atoms with Crippen molar-refractivity contribution in [3.05, 3.63) is 203 Å². The molecule has 2 saturated heterocycles. The van der Waals surface area contributed by atoms with Crippen molar-refractivity contribution in [2.24, 2.45) is 34.0 Å². The van der Waals surface area contributed by atoms with E-state index in [4.69, 9.17) is 29.0 Å². The van der Waals surface area contributed by atoms with Crippen molar-refractivity contribution in [3.63, 3.8) is 0 Å². The summed E-state index contributed by atoms with van der Waals surface area (Å²) in [6.07, 6.45) is 9.14. The van der Waals surface area contributed by atoms with Crippen LogP contribution in [0, 0.1) is 23.7 Å². The van der Waals surface area contributed by atoms with Gasteiger partial charge in [0.25, 0.3) is 0 Å². The van der Waals surface area contributed by atoms with Crippen molar-refractivity contribution < 1.29 is 57.8 Å². The number of nitrogens with zero attached hydrogens (tertiary/aromatic N) is 4. The predicted molar refractivity (Wildman–Crippen MR) is 369 cm³/mol. The Labute approximate surface area is 564 Å². The summed E-state index contributed by atoms with van der Waals surface area (Å²) in [6.45, 7) is 9.03. The van der Waals surface area contributed by atoms with Crippen LogP contribution in [0.4, 0.5) is 9.59 Å². The van der Waals surface area contributed by atoms with E-state index in [1.807, 2.05) is 109 Å². The minimum atomic E-state index is -0.834. The fourth-order valence-corrected chi connectivity index (χ4v) is 15.0. The molecule has 0 radical (unpaired) electrons. The Kier molecular flexibility index (Phi) is 22.7. The van der Waals surface area contributed by atoms with Crippen molar-refractivity contribution >= 4 is 47.2 Å². The highest BCUT2D eigenvalue weighted by molar-refractivity contribution is 6.02. The number of ether oxygens (including phenoxy) is 4.